The van der Waals surface area contributed by atoms with Crippen molar-refractivity contribution in [1.82, 2.24) is 5.32 Å². The smallest absolute Gasteiger partial charge is 0.326 e. The first-order valence-electron chi connectivity index (χ1n) is 5.89. The maximum Gasteiger partial charge on any atom is 0.326 e. The van der Waals surface area contributed by atoms with E-state index in [-0.39, 0.29) is 5.56 Å². The number of carbonyl (C=O) groups excluding carboxylic acids is 1. The van der Waals surface area contributed by atoms with Crippen LogP contribution in [-0.4, -0.2) is 37.2 Å². The van der Waals surface area contributed by atoms with Gasteiger partial charge < -0.3 is 19.9 Å². The van der Waals surface area contributed by atoms with Crippen molar-refractivity contribution in [3.8, 4) is 11.5 Å². The Hall–Kier alpha value is -1.76. The molecule has 6 nitrogen and oxygen atoms in total. The molecule has 0 bridgehead atoms. The highest BCUT2D eigenvalue weighted by atomic mass is 79.9. The Morgan fingerprint density at radius 3 is 2.45 bits per heavy atom. The number of carbonyl (C=O) groups is 2. The molecule has 1 atom stereocenters. The number of aliphatic carboxylic acids is 1. The van der Waals surface area contributed by atoms with Crippen LogP contribution in [-0.2, 0) is 4.79 Å². The molecule has 0 heterocycles. The Labute approximate surface area is 125 Å². The number of carboxylic acid groups (broad SMARTS) is 1. The molecular formula is C13H16BrNO5. The van der Waals surface area contributed by atoms with Crippen LogP contribution in [0, 0.1) is 0 Å². The third-order valence-corrected chi connectivity index (χ3v) is 3.30. The number of benzene rings is 1. The minimum absolute atomic E-state index is 0.286. The van der Waals surface area contributed by atoms with E-state index in [0.29, 0.717) is 22.4 Å². The molecule has 2 N–H and O–H groups in total. The predicted molar refractivity (Wildman–Crippen MR) is 76.4 cm³/mol. The fraction of sp³-hybridized carbons (Fsp3) is 0.385. The lowest BCUT2D eigenvalue weighted by atomic mass is 10.1. The van der Waals surface area contributed by atoms with Gasteiger partial charge in [0.05, 0.1) is 18.7 Å². The van der Waals surface area contributed by atoms with Crippen LogP contribution in [0.5, 0.6) is 11.5 Å². The summed E-state index contributed by atoms with van der Waals surface area (Å²) in [5.41, 5.74) is 0.286. The first kappa shape index (κ1) is 16.3. The van der Waals surface area contributed by atoms with Gasteiger partial charge in [0, 0.05) is 5.56 Å². The SMILES string of the molecule is CCC(NC(=O)c1cc(Br)c(OC)c(OC)c1)C(=O)O. The normalized spacial score (nSPS) is 11.6. The molecule has 7 heteroatoms. The van der Waals surface area contributed by atoms with Gasteiger partial charge in [0.1, 0.15) is 6.04 Å². The number of ether oxygens (including phenoxy) is 2. The molecule has 1 unspecified atom stereocenters. The molecule has 0 saturated carbocycles. The highest BCUT2D eigenvalue weighted by Crippen LogP contribution is 2.36. The van der Waals surface area contributed by atoms with Gasteiger partial charge in [-0.1, -0.05) is 6.92 Å². The van der Waals surface area contributed by atoms with Crippen molar-refractivity contribution in [2.24, 2.45) is 0 Å². The lowest BCUT2D eigenvalue weighted by Crippen LogP contribution is -2.40. The first-order chi connectivity index (χ1) is 9.44. The molecule has 1 rings (SSSR count). The van der Waals surface area contributed by atoms with E-state index in [1.54, 1.807) is 13.0 Å². The molecule has 0 spiro atoms. The van der Waals surface area contributed by atoms with Crippen molar-refractivity contribution in [1.29, 1.82) is 0 Å². The van der Waals surface area contributed by atoms with E-state index in [1.165, 1.54) is 20.3 Å². The van der Waals surface area contributed by atoms with E-state index in [2.05, 4.69) is 21.2 Å². The standard InChI is InChI=1S/C13H16BrNO5/c1-4-9(13(17)18)15-12(16)7-5-8(14)11(20-3)10(6-7)19-2/h5-6,9H,4H2,1-3H3,(H,15,16)(H,17,18). The quantitative estimate of drug-likeness (QED) is 0.824. The molecule has 0 aliphatic carbocycles. The number of carboxylic acids is 1. The second-order valence-corrected chi connectivity index (χ2v) is 4.82. The number of rotatable bonds is 6. The van der Waals surface area contributed by atoms with E-state index in [1.807, 2.05) is 0 Å². The number of hydrogen-bond acceptors (Lipinski definition) is 4. The van der Waals surface area contributed by atoms with Gasteiger partial charge in [-0.3, -0.25) is 4.79 Å². The van der Waals surface area contributed by atoms with Crippen molar-refractivity contribution < 1.29 is 24.2 Å². The summed E-state index contributed by atoms with van der Waals surface area (Å²) < 4.78 is 10.8. The van der Waals surface area contributed by atoms with Crippen LogP contribution < -0.4 is 14.8 Å². The highest BCUT2D eigenvalue weighted by molar-refractivity contribution is 9.10. The van der Waals surface area contributed by atoms with Crippen LogP contribution in [0.2, 0.25) is 0 Å². The maximum absolute atomic E-state index is 12.0. The lowest BCUT2D eigenvalue weighted by molar-refractivity contribution is -0.139. The number of nitrogens with one attached hydrogen (secondary N) is 1. The van der Waals surface area contributed by atoms with E-state index < -0.39 is 17.9 Å². The molecule has 0 saturated heterocycles. The summed E-state index contributed by atoms with van der Waals surface area (Å²) in [4.78, 5) is 23.0. The van der Waals surface area contributed by atoms with Gasteiger partial charge in [-0.25, -0.2) is 4.79 Å². The van der Waals surface area contributed by atoms with E-state index in [0.717, 1.165) is 0 Å². The van der Waals surface area contributed by atoms with Gasteiger partial charge in [0.2, 0.25) is 0 Å². The monoisotopic (exact) mass is 345 g/mol. The van der Waals surface area contributed by atoms with Crippen LogP contribution in [0.25, 0.3) is 0 Å². The third kappa shape index (κ3) is 3.63. The predicted octanol–water partition coefficient (Wildman–Crippen LogP) is 2.06. The summed E-state index contributed by atoms with van der Waals surface area (Å²) >= 11 is 3.28. The molecule has 1 amide bonds. The molecule has 110 valence electrons. The zero-order valence-corrected chi connectivity index (χ0v) is 13.0. The average Bonchev–Trinajstić information content (AvgIpc) is 2.42. The Morgan fingerprint density at radius 1 is 1.35 bits per heavy atom. The number of methoxy groups -OCH3 is 2. The van der Waals surface area contributed by atoms with Crippen molar-refractivity contribution in [3.05, 3.63) is 22.2 Å². The molecular weight excluding hydrogens is 330 g/mol. The zero-order chi connectivity index (χ0) is 15.3. The van der Waals surface area contributed by atoms with Gasteiger partial charge in [-0.2, -0.15) is 0 Å². The summed E-state index contributed by atoms with van der Waals surface area (Å²) in [6.07, 6.45) is 0.301. The summed E-state index contributed by atoms with van der Waals surface area (Å²) in [6, 6.07) is 2.12. The Bertz CT molecular complexity index is 518. The van der Waals surface area contributed by atoms with Crippen LogP contribution in [0.1, 0.15) is 23.7 Å². The van der Waals surface area contributed by atoms with Crippen molar-refractivity contribution in [2.75, 3.05) is 14.2 Å². The zero-order valence-electron chi connectivity index (χ0n) is 11.4. The number of hydrogen-bond donors (Lipinski definition) is 2. The first-order valence-corrected chi connectivity index (χ1v) is 6.69. The Morgan fingerprint density at radius 2 is 2.00 bits per heavy atom. The fourth-order valence-corrected chi connectivity index (χ4v) is 2.23. The van der Waals surface area contributed by atoms with E-state index in [9.17, 15) is 9.59 Å². The molecule has 1 aromatic carbocycles. The van der Waals surface area contributed by atoms with Gasteiger partial charge in [0.25, 0.3) is 5.91 Å². The van der Waals surface area contributed by atoms with Gasteiger partial charge in [0.15, 0.2) is 11.5 Å². The van der Waals surface area contributed by atoms with E-state index >= 15 is 0 Å². The Balaban J connectivity index is 3.05. The van der Waals surface area contributed by atoms with Crippen molar-refractivity contribution >= 4 is 27.8 Å². The minimum atomic E-state index is -1.07. The van der Waals surface area contributed by atoms with E-state index in [4.69, 9.17) is 14.6 Å². The molecule has 0 fully saturated rings. The Kier molecular flexibility index (Phi) is 5.82. The van der Waals surface area contributed by atoms with Crippen LogP contribution >= 0.6 is 15.9 Å². The van der Waals surface area contributed by atoms with Gasteiger partial charge >= 0.3 is 5.97 Å². The topological polar surface area (TPSA) is 84.9 Å². The second kappa shape index (κ2) is 7.14. The third-order valence-electron chi connectivity index (χ3n) is 2.71. The van der Waals surface area contributed by atoms with Crippen molar-refractivity contribution in [2.45, 2.75) is 19.4 Å². The molecule has 1 aromatic rings. The highest BCUT2D eigenvalue weighted by Gasteiger charge is 2.20. The molecule has 20 heavy (non-hydrogen) atoms. The van der Waals surface area contributed by atoms with Crippen molar-refractivity contribution in [3.63, 3.8) is 0 Å². The second-order valence-electron chi connectivity index (χ2n) is 3.97. The number of halogens is 1. The molecule has 0 radical (unpaired) electrons. The summed E-state index contributed by atoms with van der Waals surface area (Å²) in [7, 11) is 2.94. The average molecular weight is 346 g/mol. The summed E-state index contributed by atoms with van der Waals surface area (Å²) in [5.74, 6) is -0.703. The minimum Gasteiger partial charge on any atom is -0.493 e. The largest absolute Gasteiger partial charge is 0.493 e. The molecule has 0 aromatic heterocycles. The van der Waals surface area contributed by atoms with Crippen LogP contribution in [0.3, 0.4) is 0 Å². The number of amides is 1. The lowest BCUT2D eigenvalue weighted by Gasteiger charge is -2.14. The molecule has 0 aliphatic rings. The molecule has 0 aliphatic heterocycles. The van der Waals surface area contributed by atoms with Crippen LogP contribution in [0.4, 0.5) is 0 Å². The maximum atomic E-state index is 12.0. The van der Waals surface area contributed by atoms with Gasteiger partial charge in [-0.05, 0) is 34.5 Å². The fourth-order valence-electron chi connectivity index (χ4n) is 1.63. The summed E-state index contributed by atoms with van der Waals surface area (Å²) in [5, 5.41) is 11.4. The summed E-state index contributed by atoms with van der Waals surface area (Å²) in [6.45, 7) is 1.68. The van der Waals surface area contributed by atoms with Crippen LogP contribution in [0.15, 0.2) is 16.6 Å². The van der Waals surface area contributed by atoms with Gasteiger partial charge in [-0.15, -0.1) is 0 Å².